The van der Waals surface area contributed by atoms with Gasteiger partial charge < -0.3 is 5.32 Å². The Hall–Kier alpha value is -0.410. The second-order valence-corrected chi connectivity index (χ2v) is 7.40. The van der Waals surface area contributed by atoms with E-state index in [0.29, 0.717) is 11.8 Å². The summed E-state index contributed by atoms with van der Waals surface area (Å²) in [6.07, 6.45) is 7.34. The van der Waals surface area contributed by atoms with E-state index in [0.717, 1.165) is 28.9 Å². The molecule has 0 radical (unpaired) electrons. The van der Waals surface area contributed by atoms with Crippen molar-refractivity contribution >= 4 is 15.9 Å². The average molecular weight is 356 g/mol. The number of benzene rings is 1. The number of rotatable bonds is 6. The third-order valence-corrected chi connectivity index (χ3v) is 5.39. The standard InChI is InChI=1S/C18H27BrFN/c1-3-4-13-5-6-14(12-21-2)15(9-13)10-16-11-17(19)7-8-18(16)20/h7-8,11,13-15,21H,3-6,9-10,12H2,1-2H3. The molecule has 1 fully saturated rings. The van der Waals surface area contributed by atoms with Gasteiger partial charge in [0.2, 0.25) is 0 Å². The Labute approximate surface area is 136 Å². The SMILES string of the molecule is CCCC1CCC(CNC)C(Cc2cc(Br)ccc2F)C1. The molecule has 0 saturated heterocycles. The monoisotopic (exact) mass is 355 g/mol. The Balaban J connectivity index is 2.09. The topological polar surface area (TPSA) is 12.0 Å². The lowest BCUT2D eigenvalue weighted by molar-refractivity contribution is 0.168. The summed E-state index contributed by atoms with van der Waals surface area (Å²) in [5.74, 6) is 2.07. The Morgan fingerprint density at radius 1 is 1.29 bits per heavy atom. The first-order valence-electron chi connectivity index (χ1n) is 8.22. The van der Waals surface area contributed by atoms with E-state index >= 15 is 0 Å². The quantitative estimate of drug-likeness (QED) is 0.740. The van der Waals surface area contributed by atoms with Crippen molar-refractivity contribution in [2.24, 2.45) is 17.8 Å². The summed E-state index contributed by atoms with van der Waals surface area (Å²) in [5.41, 5.74) is 0.868. The predicted molar refractivity (Wildman–Crippen MR) is 91.0 cm³/mol. The van der Waals surface area contributed by atoms with Gasteiger partial charge in [-0.1, -0.05) is 42.1 Å². The second-order valence-electron chi connectivity index (χ2n) is 6.49. The van der Waals surface area contributed by atoms with Crippen molar-refractivity contribution in [2.75, 3.05) is 13.6 Å². The lowest BCUT2D eigenvalue weighted by atomic mass is 9.70. The van der Waals surface area contributed by atoms with Crippen LogP contribution in [0.3, 0.4) is 0 Å². The van der Waals surface area contributed by atoms with Crippen molar-refractivity contribution in [2.45, 2.75) is 45.4 Å². The van der Waals surface area contributed by atoms with Crippen LogP contribution in [0.25, 0.3) is 0 Å². The number of halogens is 2. The molecular weight excluding hydrogens is 329 g/mol. The second kappa shape index (κ2) is 8.28. The Morgan fingerprint density at radius 2 is 2.10 bits per heavy atom. The highest BCUT2D eigenvalue weighted by molar-refractivity contribution is 9.10. The Kier molecular flexibility index (Phi) is 6.69. The highest BCUT2D eigenvalue weighted by Crippen LogP contribution is 2.38. The average Bonchev–Trinajstić information content (AvgIpc) is 2.46. The number of hydrogen-bond donors (Lipinski definition) is 1. The van der Waals surface area contributed by atoms with Crippen molar-refractivity contribution in [1.82, 2.24) is 5.32 Å². The summed E-state index contributed by atoms with van der Waals surface area (Å²) < 4.78 is 15.0. The van der Waals surface area contributed by atoms with Crippen molar-refractivity contribution in [3.8, 4) is 0 Å². The zero-order valence-corrected chi connectivity index (χ0v) is 14.8. The van der Waals surface area contributed by atoms with Gasteiger partial charge in [0.15, 0.2) is 0 Å². The van der Waals surface area contributed by atoms with Crippen molar-refractivity contribution in [3.05, 3.63) is 34.1 Å². The summed E-state index contributed by atoms with van der Waals surface area (Å²) in [6, 6.07) is 5.32. The van der Waals surface area contributed by atoms with Gasteiger partial charge in [0.1, 0.15) is 5.82 Å². The van der Waals surface area contributed by atoms with Crippen LogP contribution < -0.4 is 5.32 Å². The normalized spacial score (nSPS) is 26.0. The molecule has 1 saturated carbocycles. The Bertz CT molecular complexity index is 449. The third kappa shape index (κ3) is 4.79. The summed E-state index contributed by atoms with van der Waals surface area (Å²) >= 11 is 3.46. The number of nitrogens with one attached hydrogen (secondary N) is 1. The van der Waals surface area contributed by atoms with E-state index in [1.165, 1.54) is 32.1 Å². The van der Waals surface area contributed by atoms with Gasteiger partial charge in [0.05, 0.1) is 0 Å². The van der Waals surface area contributed by atoms with E-state index in [9.17, 15) is 4.39 Å². The minimum Gasteiger partial charge on any atom is -0.319 e. The molecule has 118 valence electrons. The van der Waals surface area contributed by atoms with Crippen LogP contribution in [-0.4, -0.2) is 13.6 Å². The highest BCUT2D eigenvalue weighted by atomic mass is 79.9. The molecule has 21 heavy (non-hydrogen) atoms. The van der Waals surface area contributed by atoms with Crippen LogP contribution in [0.1, 0.15) is 44.6 Å². The van der Waals surface area contributed by atoms with Gasteiger partial charge in [-0.15, -0.1) is 0 Å². The zero-order chi connectivity index (χ0) is 15.2. The summed E-state index contributed by atoms with van der Waals surface area (Å²) in [6.45, 7) is 3.32. The van der Waals surface area contributed by atoms with E-state index < -0.39 is 0 Å². The van der Waals surface area contributed by atoms with E-state index in [4.69, 9.17) is 0 Å². The fourth-order valence-corrected chi connectivity index (χ4v) is 4.27. The molecule has 3 heteroatoms. The van der Waals surface area contributed by atoms with Crippen LogP contribution >= 0.6 is 15.9 Å². The Morgan fingerprint density at radius 3 is 2.81 bits per heavy atom. The van der Waals surface area contributed by atoms with Gasteiger partial charge in [0.25, 0.3) is 0 Å². The molecule has 1 aliphatic carbocycles. The highest BCUT2D eigenvalue weighted by Gasteiger charge is 2.30. The molecule has 2 rings (SSSR count). The zero-order valence-electron chi connectivity index (χ0n) is 13.2. The van der Waals surface area contributed by atoms with Crippen LogP contribution in [0.15, 0.2) is 22.7 Å². The molecule has 3 atom stereocenters. The van der Waals surface area contributed by atoms with E-state index in [1.807, 2.05) is 13.1 Å². The maximum Gasteiger partial charge on any atom is 0.126 e. The molecule has 0 aliphatic heterocycles. The largest absolute Gasteiger partial charge is 0.319 e. The van der Waals surface area contributed by atoms with E-state index in [-0.39, 0.29) is 5.82 Å². The summed E-state index contributed by atoms with van der Waals surface area (Å²) in [7, 11) is 2.02. The summed E-state index contributed by atoms with van der Waals surface area (Å²) in [4.78, 5) is 0. The van der Waals surface area contributed by atoms with Gasteiger partial charge >= 0.3 is 0 Å². The number of hydrogen-bond acceptors (Lipinski definition) is 1. The maximum absolute atomic E-state index is 14.0. The maximum atomic E-state index is 14.0. The van der Waals surface area contributed by atoms with E-state index in [2.05, 4.69) is 28.2 Å². The molecule has 1 aliphatic rings. The molecule has 0 heterocycles. The van der Waals surface area contributed by atoms with Crippen LogP contribution in [0.4, 0.5) is 4.39 Å². The van der Waals surface area contributed by atoms with Gasteiger partial charge in [-0.05, 0) is 74.4 Å². The molecule has 1 N–H and O–H groups in total. The predicted octanol–water partition coefficient (Wildman–Crippen LogP) is 5.18. The smallest absolute Gasteiger partial charge is 0.126 e. The van der Waals surface area contributed by atoms with Gasteiger partial charge in [-0.2, -0.15) is 0 Å². The first-order valence-corrected chi connectivity index (χ1v) is 9.01. The lowest BCUT2D eigenvalue weighted by Gasteiger charge is -2.36. The summed E-state index contributed by atoms with van der Waals surface area (Å²) in [5, 5.41) is 3.32. The molecule has 0 amide bonds. The molecule has 1 nitrogen and oxygen atoms in total. The van der Waals surface area contributed by atoms with Crippen LogP contribution in [0, 0.1) is 23.6 Å². The van der Waals surface area contributed by atoms with Gasteiger partial charge in [-0.25, -0.2) is 4.39 Å². The van der Waals surface area contributed by atoms with Gasteiger partial charge in [-0.3, -0.25) is 0 Å². The van der Waals surface area contributed by atoms with Crippen molar-refractivity contribution in [1.29, 1.82) is 0 Å². The van der Waals surface area contributed by atoms with Gasteiger partial charge in [0, 0.05) is 4.47 Å². The minimum atomic E-state index is -0.0565. The third-order valence-electron chi connectivity index (χ3n) is 4.90. The van der Waals surface area contributed by atoms with E-state index in [1.54, 1.807) is 12.1 Å². The van der Waals surface area contributed by atoms with Crippen LogP contribution in [0.2, 0.25) is 0 Å². The molecular formula is C18H27BrFN. The fourth-order valence-electron chi connectivity index (χ4n) is 3.86. The molecule has 3 unspecified atom stereocenters. The molecule has 0 bridgehead atoms. The molecule has 1 aromatic rings. The van der Waals surface area contributed by atoms with Crippen molar-refractivity contribution < 1.29 is 4.39 Å². The van der Waals surface area contributed by atoms with Crippen LogP contribution in [-0.2, 0) is 6.42 Å². The van der Waals surface area contributed by atoms with Crippen molar-refractivity contribution in [3.63, 3.8) is 0 Å². The fraction of sp³-hybridized carbons (Fsp3) is 0.667. The molecule has 1 aromatic carbocycles. The minimum absolute atomic E-state index is 0.0565. The van der Waals surface area contributed by atoms with Crippen LogP contribution in [0.5, 0.6) is 0 Å². The first-order chi connectivity index (χ1) is 10.1. The molecule has 0 aromatic heterocycles. The first kappa shape index (κ1) is 17.0. The molecule has 0 spiro atoms. The lowest BCUT2D eigenvalue weighted by Crippen LogP contribution is -2.33.